The number of ether oxygens (including phenoxy) is 1. The van der Waals surface area contributed by atoms with Crippen molar-refractivity contribution in [1.82, 2.24) is 34.6 Å². The molecule has 0 unspecified atom stereocenters. The van der Waals surface area contributed by atoms with Crippen LogP contribution in [0.1, 0.15) is 45.1 Å². The summed E-state index contributed by atoms with van der Waals surface area (Å²) in [5.74, 6) is -2.23. The standard InChI is InChI=1S/C28H37N7O7/c1-5-6-14-29-21(36)13-12-20(27(40)42-16-19-10-8-7-9-11-19)32-25(38)18(2)31-22(37)15-35-17-30-24-23(35)26(39)34(4)28(41)33(24)3/h7-11,17-18,20H,5-6,12-16H2,1-4H3,(H,29,36)(H,31,37)(H,32,38)/t18-,20+/m0/s1. The fourth-order valence-electron chi connectivity index (χ4n) is 4.17. The summed E-state index contributed by atoms with van der Waals surface area (Å²) >= 11 is 0. The third-order valence-corrected chi connectivity index (χ3v) is 6.64. The highest BCUT2D eigenvalue weighted by Gasteiger charge is 2.27. The van der Waals surface area contributed by atoms with Gasteiger partial charge in [-0.2, -0.15) is 0 Å². The minimum absolute atomic E-state index is 0.00102. The molecule has 0 spiro atoms. The van der Waals surface area contributed by atoms with Gasteiger partial charge in [-0.3, -0.25) is 28.3 Å². The number of carbonyl (C=O) groups is 4. The SMILES string of the molecule is CCCCNC(=O)CC[C@@H](NC(=O)[C@H](C)NC(=O)Cn1cnc2c1c(=O)n(C)c(=O)n2C)C(=O)OCc1ccccc1. The lowest BCUT2D eigenvalue weighted by atomic mass is 10.1. The molecule has 2 heterocycles. The van der Waals surface area contributed by atoms with E-state index in [1.54, 1.807) is 24.3 Å². The van der Waals surface area contributed by atoms with E-state index < -0.39 is 41.1 Å². The summed E-state index contributed by atoms with van der Waals surface area (Å²) in [5.41, 5.74) is -0.221. The van der Waals surface area contributed by atoms with Crippen molar-refractivity contribution in [1.29, 1.82) is 0 Å². The van der Waals surface area contributed by atoms with Gasteiger partial charge in [0, 0.05) is 27.1 Å². The highest BCUT2D eigenvalue weighted by molar-refractivity contribution is 5.91. The second-order valence-corrected chi connectivity index (χ2v) is 9.94. The van der Waals surface area contributed by atoms with Crippen LogP contribution in [-0.4, -0.2) is 61.0 Å². The number of rotatable bonds is 14. The number of amides is 3. The Morgan fingerprint density at radius 3 is 2.40 bits per heavy atom. The Kier molecular flexibility index (Phi) is 11.2. The van der Waals surface area contributed by atoms with Gasteiger partial charge in [-0.25, -0.2) is 14.6 Å². The Morgan fingerprint density at radius 2 is 1.71 bits per heavy atom. The van der Waals surface area contributed by atoms with Crippen molar-refractivity contribution in [2.45, 2.75) is 64.8 Å². The molecule has 0 aliphatic rings. The summed E-state index contributed by atoms with van der Waals surface area (Å²) < 4.78 is 8.79. The average molecular weight is 584 g/mol. The molecule has 2 atom stereocenters. The summed E-state index contributed by atoms with van der Waals surface area (Å²) in [6.07, 6.45) is 2.99. The van der Waals surface area contributed by atoms with Crippen molar-refractivity contribution in [3.63, 3.8) is 0 Å². The normalized spacial score (nSPS) is 12.4. The van der Waals surface area contributed by atoms with Crippen LogP contribution in [0.5, 0.6) is 0 Å². The van der Waals surface area contributed by atoms with Gasteiger partial charge >= 0.3 is 11.7 Å². The Morgan fingerprint density at radius 1 is 1.00 bits per heavy atom. The number of hydrogen-bond acceptors (Lipinski definition) is 8. The second-order valence-electron chi connectivity index (χ2n) is 9.94. The molecule has 0 fully saturated rings. The number of aryl methyl sites for hydroxylation is 1. The molecule has 0 saturated heterocycles. The minimum atomic E-state index is -1.13. The van der Waals surface area contributed by atoms with E-state index in [2.05, 4.69) is 20.9 Å². The average Bonchev–Trinajstić information content (AvgIpc) is 3.39. The molecule has 1 aromatic carbocycles. The molecular weight excluding hydrogens is 546 g/mol. The van der Waals surface area contributed by atoms with Crippen LogP contribution in [0.4, 0.5) is 0 Å². The van der Waals surface area contributed by atoms with Gasteiger partial charge in [0.15, 0.2) is 11.2 Å². The van der Waals surface area contributed by atoms with Crippen LogP contribution in [0.25, 0.3) is 11.2 Å². The molecule has 3 N–H and O–H groups in total. The highest BCUT2D eigenvalue weighted by atomic mass is 16.5. The molecule has 0 saturated carbocycles. The Bertz CT molecular complexity index is 1540. The zero-order chi connectivity index (χ0) is 30.8. The minimum Gasteiger partial charge on any atom is -0.459 e. The van der Waals surface area contributed by atoms with Crippen LogP contribution in [0.15, 0.2) is 46.2 Å². The van der Waals surface area contributed by atoms with Crippen molar-refractivity contribution >= 4 is 34.9 Å². The number of hydrogen-bond donors (Lipinski definition) is 3. The molecule has 14 nitrogen and oxygen atoms in total. The van der Waals surface area contributed by atoms with Gasteiger partial charge in [0.05, 0.1) is 6.33 Å². The molecule has 14 heteroatoms. The number of imidazole rings is 1. The fourth-order valence-corrected chi connectivity index (χ4v) is 4.17. The van der Waals surface area contributed by atoms with E-state index in [9.17, 15) is 28.8 Å². The first-order valence-corrected chi connectivity index (χ1v) is 13.7. The van der Waals surface area contributed by atoms with Crippen molar-refractivity contribution in [3.8, 4) is 0 Å². The van der Waals surface area contributed by atoms with E-state index in [-0.39, 0.29) is 43.1 Å². The molecule has 0 aliphatic heterocycles. The van der Waals surface area contributed by atoms with Gasteiger partial charge in [0.1, 0.15) is 25.2 Å². The molecule has 42 heavy (non-hydrogen) atoms. The van der Waals surface area contributed by atoms with E-state index >= 15 is 0 Å². The van der Waals surface area contributed by atoms with Gasteiger partial charge in [0.2, 0.25) is 17.7 Å². The van der Waals surface area contributed by atoms with Crippen molar-refractivity contribution in [3.05, 3.63) is 63.1 Å². The highest BCUT2D eigenvalue weighted by Crippen LogP contribution is 2.07. The van der Waals surface area contributed by atoms with Crippen LogP contribution in [0.2, 0.25) is 0 Å². The molecule has 226 valence electrons. The molecular formula is C28H37N7O7. The predicted molar refractivity (Wildman–Crippen MR) is 153 cm³/mol. The first-order valence-electron chi connectivity index (χ1n) is 13.7. The first kappa shape index (κ1) is 31.8. The maximum absolute atomic E-state index is 13.0. The molecule has 2 aromatic heterocycles. The van der Waals surface area contributed by atoms with Gasteiger partial charge in [-0.05, 0) is 25.3 Å². The maximum Gasteiger partial charge on any atom is 0.332 e. The van der Waals surface area contributed by atoms with Gasteiger partial charge in [0.25, 0.3) is 5.56 Å². The third-order valence-electron chi connectivity index (χ3n) is 6.64. The summed E-state index contributed by atoms with van der Waals surface area (Å²) in [5, 5.41) is 7.89. The van der Waals surface area contributed by atoms with Crippen LogP contribution >= 0.6 is 0 Å². The number of carbonyl (C=O) groups excluding carboxylic acids is 4. The molecule has 3 amide bonds. The number of esters is 1. The predicted octanol–water partition coefficient (Wildman–Crippen LogP) is -0.137. The zero-order valence-corrected chi connectivity index (χ0v) is 24.2. The number of benzene rings is 1. The summed E-state index contributed by atoms with van der Waals surface area (Å²) in [6, 6.07) is 6.83. The van der Waals surface area contributed by atoms with Crippen LogP contribution < -0.4 is 27.2 Å². The van der Waals surface area contributed by atoms with Crippen LogP contribution in [0.3, 0.4) is 0 Å². The lowest BCUT2D eigenvalue weighted by Gasteiger charge is -2.21. The van der Waals surface area contributed by atoms with Crippen LogP contribution in [0, 0.1) is 0 Å². The van der Waals surface area contributed by atoms with Gasteiger partial charge < -0.3 is 25.3 Å². The monoisotopic (exact) mass is 583 g/mol. The number of fused-ring (bicyclic) bond motifs is 1. The zero-order valence-electron chi connectivity index (χ0n) is 24.2. The molecule has 3 rings (SSSR count). The number of nitrogens with one attached hydrogen (secondary N) is 3. The molecule has 0 bridgehead atoms. The smallest absolute Gasteiger partial charge is 0.332 e. The first-order chi connectivity index (χ1) is 20.0. The van der Waals surface area contributed by atoms with Crippen molar-refractivity contribution in [2.24, 2.45) is 14.1 Å². The lowest BCUT2D eigenvalue weighted by molar-refractivity contribution is -0.149. The van der Waals surface area contributed by atoms with E-state index in [1.807, 2.05) is 13.0 Å². The quantitative estimate of drug-likeness (QED) is 0.174. The van der Waals surface area contributed by atoms with E-state index in [4.69, 9.17) is 4.74 Å². The topological polar surface area (TPSA) is 175 Å². The Labute approximate surface area is 242 Å². The van der Waals surface area contributed by atoms with E-state index in [0.29, 0.717) is 6.54 Å². The Hall–Kier alpha value is -4.75. The van der Waals surface area contributed by atoms with Gasteiger partial charge in [-0.1, -0.05) is 43.7 Å². The van der Waals surface area contributed by atoms with E-state index in [1.165, 1.54) is 36.5 Å². The molecule has 3 aromatic rings. The lowest BCUT2D eigenvalue weighted by Crippen LogP contribution is -2.51. The second kappa shape index (κ2) is 14.8. The number of aromatic nitrogens is 4. The Balaban J connectivity index is 1.64. The fraction of sp³-hybridized carbons (Fsp3) is 0.464. The number of nitrogens with zero attached hydrogens (tertiary/aromatic N) is 4. The number of unbranched alkanes of at least 4 members (excludes halogenated alkanes) is 1. The molecule has 0 radical (unpaired) electrons. The van der Waals surface area contributed by atoms with Gasteiger partial charge in [-0.15, -0.1) is 0 Å². The summed E-state index contributed by atoms with van der Waals surface area (Å²) in [6.45, 7) is 3.60. The molecule has 0 aliphatic carbocycles. The van der Waals surface area contributed by atoms with Crippen molar-refractivity contribution in [2.75, 3.05) is 6.54 Å². The summed E-state index contributed by atoms with van der Waals surface area (Å²) in [4.78, 5) is 79.7. The van der Waals surface area contributed by atoms with Crippen molar-refractivity contribution < 1.29 is 23.9 Å². The maximum atomic E-state index is 13.0. The summed E-state index contributed by atoms with van der Waals surface area (Å²) in [7, 11) is 2.79. The van der Waals surface area contributed by atoms with E-state index in [0.717, 1.165) is 23.0 Å². The largest absolute Gasteiger partial charge is 0.459 e. The van der Waals surface area contributed by atoms with Crippen LogP contribution in [-0.2, 0) is 51.2 Å². The third kappa shape index (κ3) is 8.15.